The highest BCUT2D eigenvalue weighted by Crippen LogP contribution is 2.23. The number of nitrogens with zero attached hydrogens (tertiary/aromatic N) is 4. The van der Waals surface area contributed by atoms with Crippen molar-refractivity contribution in [3.8, 4) is 0 Å². The summed E-state index contributed by atoms with van der Waals surface area (Å²) in [5.41, 5.74) is 4.64. The highest BCUT2D eigenvalue weighted by atomic mass is 32.2. The molecule has 5 rings (SSSR count). The summed E-state index contributed by atoms with van der Waals surface area (Å²) >= 11 is 1.53. The molecule has 194 valence electrons. The number of piperazine rings is 1. The Morgan fingerprint density at radius 1 is 0.947 bits per heavy atom. The van der Waals surface area contributed by atoms with E-state index < -0.39 is 0 Å². The SMILES string of the molecule is Cc1cccc2nc(SCc3ccc(C(=O)N4CCN(C/C=C/c5ccccc5)CC4)cc3)n(C)c(=O)c12. The molecule has 0 saturated carbocycles. The molecule has 4 aromatic rings. The first-order chi connectivity index (χ1) is 18.5. The summed E-state index contributed by atoms with van der Waals surface area (Å²) in [4.78, 5) is 34.9. The van der Waals surface area contributed by atoms with Gasteiger partial charge in [0.1, 0.15) is 0 Å². The lowest BCUT2D eigenvalue weighted by atomic mass is 10.1. The van der Waals surface area contributed by atoms with Crippen molar-refractivity contribution in [2.45, 2.75) is 17.8 Å². The molecule has 0 bridgehead atoms. The van der Waals surface area contributed by atoms with Crippen molar-refractivity contribution in [3.05, 3.63) is 111 Å². The molecule has 3 aromatic carbocycles. The third kappa shape index (κ3) is 5.90. The van der Waals surface area contributed by atoms with E-state index in [1.54, 1.807) is 11.6 Å². The number of hydrogen-bond acceptors (Lipinski definition) is 5. The Hall–Kier alpha value is -3.68. The van der Waals surface area contributed by atoms with Gasteiger partial charge >= 0.3 is 0 Å². The fraction of sp³-hybridized carbons (Fsp3) is 0.258. The minimum Gasteiger partial charge on any atom is -0.336 e. The van der Waals surface area contributed by atoms with Crippen molar-refractivity contribution in [3.63, 3.8) is 0 Å². The van der Waals surface area contributed by atoms with Crippen molar-refractivity contribution < 1.29 is 4.79 Å². The first kappa shape index (κ1) is 25.9. The van der Waals surface area contributed by atoms with E-state index in [1.165, 1.54) is 17.3 Å². The molecule has 0 unspecified atom stereocenters. The number of carbonyl (C=O) groups is 1. The second-order valence-corrected chi connectivity index (χ2v) is 10.6. The Kier molecular flexibility index (Phi) is 8.05. The number of hydrogen-bond donors (Lipinski definition) is 0. The summed E-state index contributed by atoms with van der Waals surface area (Å²) in [5.74, 6) is 0.749. The van der Waals surface area contributed by atoms with Crippen molar-refractivity contribution in [2.24, 2.45) is 7.05 Å². The molecule has 0 spiro atoms. The van der Waals surface area contributed by atoms with Crippen LogP contribution >= 0.6 is 11.8 Å². The van der Waals surface area contributed by atoms with Gasteiger partial charge in [-0.3, -0.25) is 19.1 Å². The Labute approximate surface area is 227 Å². The van der Waals surface area contributed by atoms with Gasteiger partial charge < -0.3 is 4.90 Å². The van der Waals surface area contributed by atoms with Crippen molar-refractivity contribution >= 4 is 34.6 Å². The van der Waals surface area contributed by atoms with E-state index in [1.807, 2.05) is 72.5 Å². The molecule has 6 nitrogen and oxygen atoms in total. The fourth-order valence-corrected chi connectivity index (χ4v) is 5.62. The lowest BCUT2D eigenvalue weighted by Crippen LogP contribution is -2.48. The summed E-state index contributed by atoms with van der Waals surface area (Å²) in [6.07, 6.45) is 4.34. The predicted octanol–water partition coefficient (Wildman–Crippen LogP) is 5.01. The third-order valence-corrected chi connectivity index (χ3v) is 8.08. The first-order valence-corrected chi connectivity index (χ1v) is 13.9. The lowest BCUT2D eigenvalue weighted by Gasteiger charge is -2.34. The second-order valence-electron chi connectivity index (χ2n) is 9.62. The van der Waals surface area contributed by atoms with Crippen LogP contribution in [0, 0.1) is 6.92 Å². The summed E-state index contributed by atoms with van der Waals surface area (Å²) in [6, 6.07) is 23.9. The highest BCUT2D eigenvalue weighted by Gasteiger charge is 2.21. The Balaban J connectivity index is 1.14. The smallest absolute Gasteiger partial charge is 0.262 e. The molecule has 1 amide bonds. The number of aryl methyl sites for hydroxylation is 1. The van der Waals surface area contributed by atoms with Gasteiger partial charge in [0.25, 0.3) is 11.5 Å². The number of rotatable bonds is 7. The molecule has 7 heteroatoms. The van der Waals surface area contributed by atoms with Gasteiger partial charge in [0.2, 0.25) is 0 Å². The number of amides is 1. The summed E-state index contributed by atoms with van der Waals surface area (Å²) in [6.45, 7) is 6.03. The number of carbonyl (C=O) groups excluding carboxylic acids is 1. The van der Waals surface area contributed by atoms with Crippen LogP contribution in [-0.2, 0) is 12.8 Å². The maximum absolute atomic E-state index is 13.1. The van der Waals surface area contributed by atoms with Crippen LogP contribution in [0.15, 0.2) is 88.8 Å². The first-order valence-electron chi connectivity index (χ1n) is 12.9. The van der Waals surface area contributed by atoms with Crippen LogP contribution < -0.4 is 5.56 Å². The predicted molar refractivity (Wildman–Crippen MR) is 156 cm³/mol. The minimum absolute atomic E-state index is 0.0242. The van der Waals surface area contributed by atoms with E-state index >= 15 is 0 Å². The molecule has 1 aliphatic rings. The molecule has 0 N–H and O–H groups in total. The van der Waals surface area contributed by atoms with Gasteiger partial charge in [-0.15, -0.1) is 0 Å². The molecule has 0 atom stereocenters. The Morgan fingerprint density at radius 3 is 2.42 bits per heavy atom. The fourth-order valence-electron chi connectivity index (χ4n) is 4.69. The topological polar surface area (TPSA) is 58.4 Å². The van der Waals surface area contributed by atoms with Crippen LogP contribution in [0.2, 0.25) is 0 Å². The van der Waals surface area contributed by atoms with Crippen molar-refractivity contribution in [1.82, 2.24) is 19.4 Å². The molecule has 1 saturated heterocycles. The van der Waals surface area contributed by atoms with E-state index in [9.17, 15) is 9.59 Å². The van der Waals surface area contributed by atoms with Crippen LogP contribution in [0.25, 0.3) is 17.0 Å². The number of thioether (sulfide) groups is 1. The van der Waals surface area contributed by atoms with Crippen molar-refractivity contribution in [2.75, 3.05) is 32.7 Å². The van der Waals surface area contributed by atoms with E-state index in [0.29, 0.717) is 21.9 Å². The third-order valence-electron chi connectivity index (χ3n) is 6.97. The van der Waals surface area contributed by atoms with Crippen LogP contribution in [0.1, 0.15) is 27.0 Å². The highest BCUT2D eigenvalue weighted by molar-refractivity contribution is 7.98. The van der Waals surface area contributed by atoms with Gasteiger partial charge in [0.05, 0.1) is 10.9 Å². The Bertz CT molecular complexity index is 1510. The molecule has 1 aliphatic heterocycles. The second kappa shape index (κ2) is 11.8. The van der Waals surface area contributed by atoms with Crippen molar-refractivity contribution in [1.29, 1.82) is 0 Å². The standard InChI is InChI=1S/C31H32N4O2S/c1-23-8-6-12-27-28(23)30(37)33(2)31(32-27)38-22-25-13-15-26(16-14-25)29(36)35-20-18-34(19-21-35)17-7-11-24-9-4-3-5-10-24/h3-16H,17-22H2,1-2H3/b11-7+. The van der Waals surface area contributed by atoms with E-state index in [4.69, 9.17) is 4.98 Å². The van der Waals surface area contributed by atoms with Gasteiger partial charge in [-0.1, -0.05) is 78.5 Å². The number of benzene rings is 3. The zero-order valence-corrected chi connectivity index (χ0v) is 22.7. The average Bonchev–Trinajstić information content (AvgIpc) is 2.95. The number of fused-ring (bicyclic) bond motifs is 1. The van der Waals surface area contributed by atoms with Gasteiger partial charge in [-0.05, 0) is 41.8 Å². The van der Waals surface area contributed by atoms with E-state index in [-0.39, 0.29) is 11.5 Å². The lowest BCUT2D eigenvalue weighted by molar-refractivity contribution is 0.0650. The summed E-state index contributed by atoms with van der Waals surface area (Å²) in [5, 5.41) is 1.36. The van der Waals surface area contributed by atoms with Gasteiger partial charge in [0, 0.05) is 51.1 Å². The monoisotopic (exact) mass is 524 g/mol. The maximum atomic E-state index is 13.1. The van der Waals surface area contributed by atoms with E-state index in [0.717, 1.165) is 49.4 Å². The zero-order valence-electron chi connectivity index (χ0n) is 21.8. The van der Waals surface area contributed by atoms with Gasteiger partial charge in [-0.25, -0.2) is 4.98 Å². The molecule has 0 aliphatic carbocycles. The quantitative estimate of drug-likeness (QED) is 0.251. The zero-order chi connectivity index (χ0) is 26.5. The van der Waals surface area contributed by atoms with E-state index in [2.05, 4.69) is 29.2 Å². The summed E-state index contributed by atoms with van der Waals surface area (Å²) < 4.78 is 1.62. The normalized spacial score (nSPS) is 14.4. The summed E-state index contributed by atoms with van der Waals surface area (Å²) in [7, 11) is 1.77. The molecular formula is C31H32N4O2S. The molecule has 2 heterocycles. The molecular weight excluding hydrogens is 492 g/mol. The van der Waals surface area contributed by atoms with Crippen LogP contribution in [0.5, 0.6) is 0 Å². The molecule has 38 heavy (non-hydrogen) atoms. The maximum Gasteiger partial charge on any atom is 0.262 e. The largest absolute Gasteiger partial charge is 0.336 e. The van der Waals surface area contributed by atoms with Gasteiger partial charge in [0.15, 0.2) is 5.16 Å². The average molecular weight is 525 g/mol. The minimum atomic E-state index is -0.0242. The molecule has 0 radical (unpaired) electrons. The van der Waals surface area contributed by atoms with Gasteiger partial charge in [-0.2, -0.15) is 0 Å². The van der Waals surface area contributed by atoms with Crippen LogP contribution in [0.3, 0.4) is 0 Å². The van der Waals surface area contributed by atoms with Crippen LogP contribution in [-0.4, -0.2) is 58.0 Å². The number of aromatic nitrogens is 2. The Morgan fingerprint density at radius 2 is 1.68 bits per heavy atom. The van der Waals surface area contributed by atoms with Crippen LogP contribution in [0.4, 0.5) is 0 Å². The molecule has 1 aromatic heterocycles. The molecule has 1 fully saturated rings.